The topological polar surface area (TPSA) is 17.8 Å². The Labute approximate surface area is 102 Å². The monoisotopic (exact) mass is 284 g/mol. The van der Waals surface area contributed by atoms with Crippen molar-refractivity contribution in [3.05, 3.63) is 39.6 Å². The predicted octanol–water partition coefficient (Wildman–Crippen LogP) is 3.50. The predicted molar refractivity (Wildman–Crippen MR) is 67.8 cm³/mol. The lowest BCUT2D eigenvalue weighted by molar-refractivity contribution is 0.794. The van der Waals surface area contributed by atoms with Gasteiger partial charge in [-0.2, -0.15) is 0 Å². The van der Waals surface area contributed by atoms with Crippen molar-refractivity contribution in [3.8, 4) is 0 Å². The molecule has 2 aromatic heterocycles. The Hall–Kier alpha value is -0.610. The van der Waals surface area contributed by atoms with Gasteiger partial charge in [0.2, 0.25) is 0 Å². The second-order valence-corrected chi connectivity index (χ2v) is 5.26. The molecular weight excluding hydrogens is 272 g/mol. The molecule has 0 amide bonds. The molecule has 0 aromatic carbocycles. The maximum Gasteiger partial charge on any atom is 0.0952 e. The van der Waals surface area contributed by atoms with Crippen LogP contribution in [0.25, 0.3) is 0 Å². The molecule has 0 unspecified atom stereocenters. The summed E-state index contributed by atoms with van der Waals surface area (Å²) in [5.41, 5.74) is 3.89. The van der Waals surface area contributed by atoms with Crippen LogP contribution in [0.15, 0.2) is 17.9 Å². The van der Waals surface area contributed by atoms with E-state index in [1.54, 1.807) is 0 Å². The Kier molecular flexibility index (Phi) is 3.26. The zero-order valence-electron chi connectivity index (χ0n) is 8.83. The first-order chi connectivity index (χ1) is 7.20. The highest BCUT2D eigenvalue weighted by Gasteiger charge is 2.05. The number of alkyl halides is 1. The normalized spacial score (nSPS) is 10.9. The first kappa shape index (κ1) is 10.9. The zero-order valence-corrected chi connectivity index (χ0v) is 11.2. The van der Waals surface area contributed by atoms with Crippen LogP contribution in [0, 0.1) is 13.8 Å². The van der Waals surface area contributed by atoms with Gasteiger partial charge in [-0.1, -0.05) is 15.9 Å². The summed E-state index contributed by atoms with van der Waals surface area (Å²) in [5, 5.41) is 3.06. The number of hydrogen-bond donors (Lipinski definition) is 0. The SMILES string of the molecule is Cc1scc(Cn2cnc(CBr)c2)c1C. The smallest absolute Gasteiger partial charge is 0.0952 e. The van der Waals surface area contributed by atoms with E-state index in [0.29, 0.717) is 0 Å². The Morgan fingerprint density at radius 3 is 2.80 bits per heavy atom. The third-order valence-corrected chi connectivity index (χ3v) is 4.20. The van der Waals surface area contributed by atoms with Gasteiger partial charge < -0.3 is 4.57 Å². The van der Waals surface area contributed by atoms with E-state index in [1.165, 1.54) is 16.0 Å². The minimum absolute atomic E-state index is 0.821. The Balaban J connectivity index is 2.18. The van der Waals surface area contributed by atoms with Crippen LogP contribution in [0.2, 0.25) is 0 Å². The van der Waals surface area contributed by atoms with Crippen LogP contribution >= 0.6 is 27.3 Å². The molecule has 80 valence electrons. The summed E-state index contributed by atoms with van der Waals surface area (Å²) in [6.45, 7) is 5.28. The average Bonchev–Trinajstić information content (AvgIpc) is 2.80. The van der Waals surface area contributed by atoms with E-state index in [4.69, 9.17) is 0 Å². The van der Waals surface area contributed by atoms with Gasteiger partial charge in [0.1, 0.15) is 0 Å². The third-order valence-electron chi connectivity index (χ3n) is 2.56. The van der Waals surface area contributed by atoms with Gasteiger partial charge in [0.15, 0.2) is 0 Å². The summed E-state index contributed by atoms with van der Waals surface area (Å²) in [7, 11) is 0. The fourth-order valence-electron chi connectivity index (χ4n) is 1.48. The maximum absolute atomic E-state index is 4.29. The molecule has 2 rings (SSSR count). The van der Waals surface area contributed by atoms with Crippen molar-refractivity contribution in [2.24, 2.45) is 0 Å². The number of rotatable bonds is 3. The molecule has 2 nitrogen and oxygen atoms in total. The molecule has 0 saturated heterocycles. The summed E-state index contributed by atoms with van der Waals surface area (Å²) in [5.74, 6) is 0. The quantitative estimate of drug-likeness (QED) is 0.789. The van der Waals surface area contributed by atoms with Crippen LogP contribution in [-0.4, -0.2) is 9.55 Å². The molecule has 0 aliphatic carbocycles. The Morgan fingerprint density at radius 1 is 1.47 bits per heavy atom. The summed E-state index contributed by atoms with van der Waals surface area (Å²) < 4.78 is 2.13. The van der Waals surface area contributed by atoms with Crippen LogP contribution in [0.3, 0.4) is 0 Å². The van der Waals surface area contributed by atoms with E-state index in [2.05, 4.69) is 50.9 Å². The molecule has 0 fully saturated rings. The maximum atomic E-state index is 4.29. The van der Waals surface area contributed by atoms with Crippen molar-refractivity contribution in [1.29, 1.82) is 0 Å². The van der Waals surface area contributed by atoms with Crippen molar-refractivity contribution in [1.82, 2.24) is 9.55 Å². The number of thiophene rings is 1. The molecule has 2 aromatic rings. The largest absolute Gasteiger partial charge is 0.333 e. The summed E-state index contributed by atoms with van der Waals surface area (Å²) in [4.78, 5) is 5.69. The van der Waals surface area contributed by atoms with Gasteiger partial charge in [-0.05, 0) is 30.4 Å². The Bertz CT molecular complexity index is 459. The van der Waals surface area contributed by atoms with Gasteiger partial charge in [0.25, 0.3) is 0 Å². The minimum atomic E-state index is 0.821. The van der Waals surface area contributed by atoms with Gasteiger partial charge in [-0.25, -0.2) is 4.98 Å². The molecule has 15 heavy (non-hydrogen) atoms. The number of halogens is 1. The second kappa shape index (κ2) is 4.49. The molecule has 4 heteroatoms. The molecule has 0 radical (unpaired) electrons. The lowest BCUT2D eigenvalue weighted by Crippen LogP contribution is -1.96. The minimum Gasteiger partial charge on any atom is -0.333 e. The highest BCUT2D eigenvalue weighted by Crippen LogP contribution is 2.21. The molecule has 0 aliphatic rings. The summed E-state index contributed by atoms with van der Waals surface area (Å²) >= 11 is 5.22. The van der Waals surface area contributed by atoms with E-state index in [-0.39, 0.29) is 0 Å². The number of nitrogens with zero attached hydrogens (tertiary/aromatic N) is 2. The van der Waals surface area contributed by atoms with Crippen LogP contribution in [-0.2, 0) is 11.9 Å². The fraction of sp³-hybridized carbons (Fsp3) is 0.364. The lowest BCUT2D eigenvalue weighted by Gasteiger charge is -2.01. The number of aromatic nitrogens is 2. The molecule has 0 N–H and O–H groups in total. The Morgan fingerprint density at radius 2 is 2.27 bits per heavy atom. The van der Waals surface area contributed by atoms with Crippen LogP contribution < -0.4 is 0 Å². The van der Waals surface area contributed by atoms with Crippen LogP contribution in [0.1, 0.15) is 21.7 Å². The van der Waals surface area contributed by atoms with Crippen molar-refractivity contribution in [2.75, 3.05) is 0 Å². The molecule has 0 bridgehead atoms. The second-order valence-electron chi connectivity index (χ2n) is 3.61. The van der Waals surface area contributed by atoms with E-state index in [0.717, 1.165) is 17.6 Å². The van der Waals surface area contributed by atoms with E-state index >= 15 is 0 Å². The van der Waals surface area contributed by atoms with Crippen molar-refractivity contribution < 1.29 is 0 Å². The average molecular weight is 285 g/mol. The number of hydrogen-bond acceptors (Lipinski definition) is 2. The third kappa shape index (κ3) is 2.32. The highest BCUT2D eigenvalue weighted by atomic mass is 79.9. The lowest BCUT2D eigenvalue weighted by atomic mass is 10.2. The molecule has 0 aliphatic heterocycles. The van der Waals surface area contributed by atoms with Gasteiger partial charge >= 0.3 is 0 Å². The summed E-state index contributed by atoms with van der Waals surface area (Å²) in [6, 6.07) is 0. The molecule has 2 heterocycles. The van der Waals surface area contributed by atoms with Gasteiger partial charge in [0.05, 0.1) is 12.0 Å². The first-order valence-electron chi connectivity index (χ1n) is 4.81. The number of aryl methyl sites for hydroxylation is 1. The van der Waals surface area contributed by atoms with Crippen LogP contribution in [0.4, 0.5) is 0 Å². The van der Waals surface area contributed by atoms with Crippen LogP contribution in [0.5, 0.6) is 0 Å². The molecule has 0 spiro atoms. The van der Waals surface area contributed by atoms with Gasteiger partial charge in [-0.15, -0.1) is 11.3 Å². The molecular formula is C11H13BrN2S. The number of imidazole rings is 1. The molecule has 0 saturated carbocycles. The summed E-state index contributed by atoms with van der Waals surface area (Å²) in [6.07, 6.45) is 3.98. The standard InChI is InChI=1S/C11H13BrN2S/c1-8-9(2)15-6-10(8)4-14-5-11(3-12)13-7-14/h5-7H,3-4H2,1-2H3. The molecule has 0 atom stereocenters. The van der Waals surface area contributed by atoms with Crippen molar-refractivity contribution in [2.45, 2.75) is 25.7 Å². The van der Waals surface area contributed by atoms with E-state index < -0.39 is 0 Å². The van der Waals surface area contributed by atoms with E-state index in [9.17, 15) is 0 Å². The van der Waals surface area contributed by atoms with Crippen molar-refractivity contribution >= 4 is 27.3 Å². The van der Waals surface area contributed by atoms with Crippen molar-refractivity contribution in [3.63, 3.8) is 0 Å². The van der Waals surface area contributed by atoms with E-state index in [1.807, 2.05) is 17.7 Å². The van der Waals surface area contributed by atoms with Gasteiger partial charge in [-0.3, -0.25) is 0 Å². The highest BCUT2D eigenvalue weighted by molar-refractivity contribution is 9.08. The fourth-order valence-corrected chi connectivity index (χ4v) is 2.64. The zero-order chi connectivity index (χ0) is 10.8. The van der Waals surface area contributed by atoms with Gasteiger partial charge in [0, 0.05) is 22.9 Å². The first-order valence-corrected chi connectivity index (χ1v) is 6.81.